The van der Waals surface area contributed by atoms with Crippen LogP contribution < -0.4 is 19.9 Å². The molecule has 0 saturated heterocycles. The summed E-state index contributed by atoms with van der Waals surface area (Å²) < 4.78 is 17.3. The molecule has 3 rings (SSSR count). The predicted octanol–water partition coefficient (Wildman–Crippen LogP) is 4.41. The number of aromatic nitrogens is 1. The van der Waals surface area contributed by atoms with Gasteiger partial charge in [-0.3, -0.25) is 4.98 Å². The quantitative estimate of drug-likeness (QED) is 0.680. The molecule has 124 valence electrons. The van der Waals surface area contributed by atoms with Crippen molar-refractivity contribution in [3.8, 4) is 23.0 Å². The molecule has 3 aromatic rings. The van der Waals surface area contributed by atoms with Gasteiger partial charge < -0.3 is 19.9 Å². The Morgan fingerprint density at radius 2 is 1.54 bits per heavy atom. The normalized spacial score (nSPS) is 10.6. The first-order valence-corrected chi connectivity index (χ1v) is 7.93. The standard InChI is InChI=1S/C19H20N2O3/c1-3-22-18-11-15-16(12-19(18)23-4-2)21-10-9-17(15)24-14-7-5-13(20)6-8-14/h5-12H,3-4,20H2,1-2H3. The van der Waals surface area contributed by atoms with Crippen molar-refractivity contribution in [2.45, 2.75) is 13.8 Å². The summed E-state index contributed by atoms with van der Waals surface area (Å²) in [6.07, 6.45) is 1.71. The van der Waals surface area contributed by atoms with E-state index in [1.54, 1.807) is 18.3 Å². The van der Waals surface area contributed by atoms with Gasteiger partial charge in [-0.1, -0.05) is 0 Å². The van der Waals surface area contributed by atoms with Crippen LogP contribution in [-0.4, -0.2) is 18.2 Å². The lowest BCUT2D eigenvalue weighted by Gasteiger charge is -2.14. The molecule has 5 heteroatoms. The molecule has 2 aromatic carbocycles. The smallest absolute Gasteiger partial charge is 0.163 e. The Morgan fingerprint density at radius 1 is 0.875 bits per heavy atom. The van der Waals surface area contributed by atoms with E-state index in [1.165, 1.54) is 0 Å². The van der Waals surface area contributed by atoms with E-state index >= 15 is 0 Å². The van der Waals surface area contributed by atoms with E-state index in [0.717, 1.165) is 10.9 Å². The number of pyridine rings is 1. The first kappa shape index (κ1) is 15.9. The summed E-state index contributed by atoms with van der Waals surface area (Å²) in [5.41, 5.74) is 7.20. The van der Waals surface area contributed by atoms with E-state index < -0.39 is 0 Å². The molecule has 1 heterocycles. The van der Waals surface area contributed by atoms with Crippen LogP contribution in [0.1, 0.15) is 13.8 Å². The number of rotatable bonds is 6. The van der Waals surface area contributed by atoms with Crippen molar-refractivity contribution in [3.05, 3.63) is 48.7 Å². The van der Waals surface area contributed by atoms with Gasteiger partial charge in [-0.15, -0.1) is 0 Å². The molecule has 0 unspecified atom stereocenters. The SMILES string of the molecule is CCOc1cc2nccc(Oc3ccc(N)cc3)c2cc1OCC. The van der Waals surface area contributed by atoms with E-state index in [9.17, 15) is 0 Å². The number of anilines is 1. The Bertz CT molecular complexity index is 832. The van der Waals surface area contributed by atoms with Gasteiger partial charge in [-0.05, 0) is 50.2 Å². The number of hydrogen-bond acceptors (Lipinski definition) is 5. The second kappa shape index (κ2) is 7.08. The van der Waals surface area contributed by atoms with E-state index in [2.05, 4.69) is 4.98 Å². The Kier molecular flexibility index (Phi) is 4.70. The van der Waals surface area contributed by atoms with Crippen molar-refractivity contribution in [2.75, 3.05) is 18.9 Å². The van der Waals surface area contributed by atoms with E-state index in [1.807, 2.05) is 44.2 Å². The number of fused-ring (bicyclic) bond motifs is 1. The second-order valence-corrected chi connectivity index (χ2v) is 5.16. The summed E-state index contributed by atoms with van der Waals surface area (Å²) in [6, 6.07) is 12.9. The van der Waals surface area contributed by atoms with Gasteiger partial charge in [0.05, 0.1) is 18.7 Å². The van der Waals surface area contributed by atoms with E-state index in [-0.39, 0.29) is 0 Å². The molecule has 0 fully saturated rings. The maximum Gasteiger partial charge on any atom is 0.163 e. The summed E-state index contributed by atoms with van der Waals surface area (Å²) in [5.74, 6) is 2.78. The molecule has 0 amide bonds. The molecule has 2 N–H and O–H groups in total. The summed E-state index contributed by atoms with van der Waals surface area (Å²) in [7, 11) is 0. The molecular weight excluding hydrogens is 304 g/mol. The van der Waals surface area contributed by atoms with Gasteiger partial charge in [-0.25, -0.2) is 0 Å². The van der Waals surface area contributed by atoms with Crippen molar-refractivity contribution in [1.82, 2.24) is 4.98 Å². The van der Waals surface area contributed by atoms with E-state index in [4.69, 9.17) is 19.9 Å². The molecule has 0 aliphatic carbocycles. The molecule has 0 aliphatic heterocycles. The molecule has 24 heavy (non-hydrogen) atoms. The van der Waals surface area contributed by atoms with Crippen LogP contribution in [-0.2, 0) is 0 Å². The van der Waals surface area contributed by atoms with Gasteiger partial charge in [0.25, 0.3) is 0 Å². The largest absolute Gasteiger partial charge is 0.490 e. The lowest BCUT2D eigenvalue weighted by molar-refractivity contribution is 0.288. The zero-order chi connectivity index (χ0) is 16.9. The van der Waals surface area contributed by atoms with Crippen LogP contribution in [0.5, 0.6) is 23.0 Å². The Hall–Kier alpha value is -2.95. The second-order valence-electron chi connectivity index (χ2n) is 5.16. The number of benzene rings is 2. The van der Waals surface area contributed by atoms with Crippen molar-refractivity contribution >= 4 is 16.6 Å². The van der Waals surface area contributed by atoms with Crippen molar-refractivity contribution in [1.29, 1.82) is 0 Å². The average molecular weight is 324 g/mol. The third-order valence-electron chi connectivity index (χ3n) is 3.47. The third-order valence-corrected chi connectivity index (χ3v) is 3.47. The van der Waals surface area contributed by atoms with Gasteiger partial charge in [0, 0.05) is 23.3 Å². The minimum Gasteiger partial charge on any atom is -0.490 e. The summed E-state index contributed by atoms with van der Waals surface area (Å²) in [4.78, 5) is 4.41. The molecule has 0 atom stereocenters. The Morgan fingerprint density at radius 3 is 2.21 bits per heavy atom. The van der Waals surface area contributed by atoms with Gasteiger partial charge in [0.1, 0.15) is 11.5 Å². The molecule has 1 aromatic heterocycles. The molecule has 0 spiro atoms. The highest BCUT2D eigenvalue weighted by atomic mass is 16.5. The number of nitrogens with two attached hydrogens (primary N) is 1. The van der Waals surface area contributed by atoms with Crippen LogP contribution in [0.25, 0.3) is 10.9 Å². The van der Waals surface area contributed by atoms with Crippen LogP contribution >= 0.6 is 0 Å². The van der Waals surface area contributed by atoms with Crippen LogP contribution in [0, 0.1) is 0 Å². The van der Waals surface area contributed by atoms with Gasteiger partial charge in [0.2, 0.25) is 0 Å². The van der Waals surface area contributed by atoms with Crippen molar-refractivity contribution < 1.29 is 14.2 Å². The Balaban J connectivity index is 2.04. The zero-order valence-corrected chi connectivity index (χ0v) is 13.8. The van der Waals surface area contributed by atoms with Crippen LogP contribution in [0.15, 0.2) is 48.7 Å². The summed E-state index contributed by atoms with van der Waals surface area (Å²) in [5, 5.41) is 0.862. The number of hydrogen-bond donors (Lipinski definition) is 1. The minimum atomic E-state index is 0.556. The fourth-order valence-electron chi connectivity index (χ4n) is 2.42. The highest BCUT2D eigenvalue weighted by Crippen LogP contribution is 2.37. The predicted molar refractivity (Wildman–Crippen MR) is 95.0 cm³/mol. The molecule has 0 aliphatic rings. The topological polar surface area (TPSA) is 66.6 Å². The monoisotopic (exact) mass is 324 g/mol. The van der Waals surface area contributed by atoms with Gasteiger partial charge in [-0.2, -0.15) is 0 Å². The minimum absolute atomic E-state index is 0.556. The fourth-order valence-corrected chi connectivity index (χ4v) is 2.42. The highest BCUT2D eigenvalue weighted by Gasteiger charge is 2.12. The summed E-state index contributed by atoms with van der Waals surface area (Å²) >= 11 is 0. The maximum absolute atomic E-state index is 5.99. The fraction of sp³-hybridized carbons (Fsp3) is 0.211. The number of nitrogens with zero attached hydrogens (tertiary/aromatic N) is 1. The number of nitrogen functional groups attached to an aromatic ring is 1. The lowest BCUT2D eigenvalue weighted by Crippen LogP contribution is -1.99. The molecular formula is C19H20N2O3. The van der Waals surface area contributed by atoms with Crippen LogP contribution in [0.4, 0.5) is 5.69 Å². The van der Waals surface area contributed by atoms with E-state index in [0.29, 0.717) is 41.9 Å². The Labute approximate surface area is 141 Å². The van der Waals surface area contributed by atoms with Gasteiger partial charge in [0.15, 0.2) is 11.5 Å². The van der Waals surface area contributed by atoms with Crippen molar-refractivity contribution in [2.24, 2.45) is 0 Å². The first-order valence-electron chi connectivity index (χ1n) is 7.93. The molecule has 5 nitrogen and oxygen atoms in total. The average Bonchev–Trinajstić information content (AvgIpc) is 2.58. The maximum atomic E-state index is 5.99. The lowest BCUT2D eigenvalue weighted by atomic mass is 10.1. The number of ether oxygens (including phenoxy) is 3. The molecule has 0 radical (unpaired) electrons. The molecule has 0 saturated carbocycles. The van der Waals surface area contributed by atoms with Crippen LogP contribution in [0.2, 0.25) is 0 Å². The first-order chi connectivity index (χ1) is 11.7. The summed E-state index contributed by atoms with van der Waals surface area (Å²) in [6.45, 7) is 5.00. The van der Waals surface area contributed by atoms with Gasteiger partial charge >= 0.3 is 0 Å². The third kappa shape index (κ3) is 3.35. The molecule has 0 bridgehead atoms. The van der Waals surface area contributed by atoms with Crippen LogP contribution in [0.3, 0.4) is 0 Å². The van der Waals surface area contributed by atoms with Crippen molar-refractivity contribution in [3.63, 3.8) is 0 Å². The highest BCUT2D eigenvalue weighted by molar-refractivity contribution is 5.88. The zero-order valence-electron chi connectivity index (χ0n) is 13.8.